The van der Waals surface area contributed by atoms with Crippen LogP contribution < -0.4 is 11.1 Å². The molecule has 0 saturated heterocycles. The predicted molar refractivity (Wildman–Crippen MR) is 73.0 cm³/mol. The van der Waals surface area contributed by atoms with Gasteiger partial charge >= 0.3 is 0 Å². The maximum atomic E-state index is 13.4. The molecule has 0 bridgehead atoms. The standard InChI is InChI=1S/C13H9BrFN3/c14-8-4-5-11(17)13(6-8)18-12-3-1-2-10(15)9(12)7-16/h1-6,18H,17H2. The number of nitrogens with two attached hydrogens (primary N) is 1. The maximum absolute atomic E-state index is 13.4. The van der Waals surface area contributed by atoms with Crippen LogP contribution in [0.1, 0.15) is 5.56 Å². The van der Waals surface area contributed by atoms with Crippen LogP contribution in [0.4, 0.5) is 21.5 Å². The molecule has 0 aliphatic carbocycles. The maximum Gasteiger partial charge on any atom is 0.143 e. The summed E-state index contributed by atoms with van der Waals surface area (Å²) in [5, 5.41) is 11.9. The van der Waals surface area contributed by atoms with Gasteiger partial charge in [0.25, 0.3) is 0 Å². The molecular weight excluding hydrogens is 297 g/mol. The fourth-order valence-corrected chi connectivity index (χ4v) is 1.88. The summed E-state index contributed by atoms with van der Waals surface area (Å²) in [6, 6.07) is 11.5. The van der Waals surface area contributed by atoms with E-state index in [0.717, 1.165) is 4.47 Å². The molecule has 0 saturated carbocycles. The number of anilines is 3. The molecule has 0 atom stereocenters. The lowest BCUT2D eigenvalue weighted by Gasteiger charge is -2.11. The molecule has 5 heteroatoms. The highest BCUT2D eigenvalue weighted by molar-refractivity contribution is 9.10. The molecular formula is C13H9BrFN3. The monoisotopic (exact) mass is 305 g/mol. The number of halogens is 2. The van der Waals surface area contributed by atoms with E-state index in [1.165, 1.54) is 12.1 Å². The topological polar surface area (TPSA) is 61.8 Å². The van der Waals surface area contributed by atoms with Crippen LogP contribution >= 0.6 is 15.9 Å². The van der Waals surface area contributed by atoms with E-state index < -0.39 is 5.82 Å². The normalized spacial score (nSPS) is 9.83. The van der Waals surface area contributed by atoms with E-state index in [-0.39, 0.29) is 5.56 Å². The molecule has 0 aliphatic rings. The Hall–Kier alpha value is -2.06. The average Bonchev–Trinajstić information content (AvgIpc) is 2.34. The molecule has 18 heavy (non-hydrogen) atoms. The first-order valence-corrected chi connectivity index (χ1v) is 5.92. The summed E-state index contributed by atoms with van der Waals surface area (Å²) in [5.74, 6) is -0.559. The first kappa shape index (κ1) is 12.4. The van der Waals surface area contributed by atoms with Crippen molar-refractivity contribution in [1.29, 1.82) is 5.26 Å². The van der Waals surface area contributed by atoms with E-state index >= 15 is 0 Å². The van der Waals surface area contributed by atoms with Crippen LogP contribution in [0.15, 0.2) is 40.9 Å². The smallest absolute Gasteiger partial charge is 0.143 e. The summed E-state index contributed by atoms with van der Waals surface area (Å²) in [5.41, 5.74) is 7.30. The summed E-state index contributed by atoms with van der Waals surface area (Å²) in [7, 11) is 0. The average molecular weight is 306 g/mol. The molecule has 2 aromatic rings. The van der Waals surface area contributed by atoms with Gasteiger partial charge in [-0.1, -0.05) is 22.0 Å². The van der Waals surface area contributed by atoms with Crippen LogP contribution in [0.25, 0.3) is 0 Å². The lowest BCUT2D eigenvalue weighted by molar-refractivity contribution is 0.624. The molecule has 0 spiro atoms. The van der Waals surface area contributed by atoms with Crippen LogP contribution in [0.3, 0.4) is 0 Å². The van der Waals surface area contributed by atoms with E-state index in [1.54, 1.807) is 24.3 Å². The molecule has 0 aromatic heterocycles. The third-order valence-electron chi connectivity index (χ3n) is 2.41. The van der Waals surface area contributed by atoms with E-state index in [4.69, 9.17) is 11.0 Å². The molecule has 0 amide bonds. The zero-order chi connectivity index (χ0) is 13.1. The van der Waals surface area contributed by atoms with Crippen molar-refractivity contribution in [2.75, 3.05) is 11.1 Å². The zero-order valence-electron chi connectivity index (χ0n) is 9.24. The molecule has 3 N–H and O–H groups in total. The SMILES string of the molecule is N#Cc1c(F)cccc1Nc1cc(Br)ccc1N. The quantitative estimate of drug-likeness (QED) is 0.830. The molecule has 0 heterocycles. The minimum absolute atomic E-state index is 0.0307. The number of nitrogen functional groups attached to an aromatic ring is 1. The van der Waals surface area contributed by atoms with Crippen LogP contribution in [0, 0.1) is 17.1 Å². The van der Waals surface area contributed by atoms with Crippen LogP contribution in [0.2, 0.25) is 0 Å². The molecule has 0 aliphatic heterocycles. The number of benzene rings is 2. The van der Waals surface area contributed by atoms with Gasteiger partial charge in [0, 0.05) is 4.47 Å². The second-order valence-electron chi connectivity index (χ2n) is 3.63. The second-order valence-corrected chi connectivity index (χ2v) is 4.55. The van der Waals surface area contributed by atoms with E-state index in [0.29, 0.717) is 17.1 Å². The Balaban J connectivity index is 2.44. The van der Waals surface area contributed by atoms with Crippen molar-refractivity contribution >= 4 is 33.0 Å². The fourth-order valence-electron chi connectivity index (χ4n) is 1.52. The Kier molecular flexibility index (Phi) is 3.49. The summed E-state index contributed by atoms with van der Waals surface area (Å²) in [4.78, 5) is 0. The Morgan fingerprint density at radius 3 is 2.72 bits per heavy atom. The highest BCUT2D eigenvalue weighted by Crippen LogP contribution is 2.28. The largest absolute Gasteiger partial charge is 0.397 e. The van der Waals surface area contributed by atoms with Crippen LogP contribution in [-0.2, 0) is 0 Å². The van der Waals surface area contributed by atoms with Gasteiger partial charge in [0.2, 0.25) is 0 Å². The fraction of sp³-hybridized carbons (Fsp3) is 0. The van der Waals surface area contributed by atoms with Gasteiger partial charge in [0.05, 0.1) is 17.1 Å². The highest BCUT2D eigenvalue weighted by atomic mass is 79.9. The van der Waals surface area contributed by atoms with E-state index in [1.807, 2.05) is 6.07 Å². The number of hydrogen-bond acceptors (Lipinski definition) is 3. The van der Waals surface area contributed by atoms with Crippen LogP contribution in [0.5, 0.6) is 0 Å². The van der Waals surface area contributed by atoms with Gasteiger partial charge in [-0.3, -0.25) is 0 Å². The summed E-state index contributed by atoms with van der Waals surface area (Å²) in [6.45, 7) is 0. The molecule has 3 nitrogen and oxygen atoms in total. The number of nitrogens with zero attached hydrogens (tertiary/aromatic N) is 1. The molecule has 2 rings (SSSR count). The van der Waals surface area contributed by atoms with E-state index in [2.05, 4.69) is 21.2 Å². The lowest BCUT2D eigenvalue weighted by Crippen LogP contribution is -1.99. The zero-order valence-corrected chi connectivity index (χ0v) is 10.8. The third-order valence-corrected chi connectivity index (χ3v) is 2.90. The van der Waals surface area contributed by atoms with Gasteiger partial charge in [-0.2, -0.15) is 5.26 Å². The summed E-state index contributed by atoms with van der Waals surface area (Å²) >= 11 is 3.33. The number of hydrogen-bond donors (Lipinski definition) is 2. The van der Waals surface area contributed by atoms with Crippen molar-refractivity contribution in [1.82, 2.24) is 0 Å². The van der Waals surface area contributed by atoms with Crippen molar-refractivity contribution in [3.63, 3.8) is 0 Å². The Morgan fingerprint density at radius 1 is 1.22 bits per heavy atom. The molecule has 0 fully saturated rings. The van der Waals surface area contributed by atoms with Crippen molar-refractivity contribution in [3.8, 4) is 6.07 Å². The Labute approximate surface area is 112 Å². The summed E-state index contributed by atoms with van der Waals surface area (Å²) in [6.07, 6.45) is 0. The summed E-state index contributed by atoms with van der Waals surface area (Å²) < 4.78 is 14.3. The lowest BCUT2D eigenvalue weighted by atomic mass is 10.1. The van der Waals surface area contributed by atoms with Crippen molar-refractivity contribution in [2.24, 2.45) is 0 Å². The molecule has 2 aromatic carbocycles. The third kappa shape index (κ3) is 2.44. The highest BCUT2D eigenvalue weighted by Gasteiger charge is 2.09. The van der Waals surface area contributed by atoms with Gasteiger partial charge in [-0.05, 0) is 30.3 Å². The Bertz CT molecular complexity index is 635. The second kappa shape index (κ2) is 5.07. The minimum Gasteiger partial charge on any atom is -0.397 e. The minimum atomic E-state index is -0.559. The number of nitrogens with one attached hydrogen (secondary N) is 1. The molecule has 0 unspecified atom stereocenters. The molecule has 90 valence electrons. The number of nitriles is 1. The van der Waals surface area contributed by atoms with Gasteiger partial charge in [0.1, 0.15) is 17.4 Å². The van der Waals surface area contributed by atoms with E-state index in [9.17, 15) is 4.39 Å². The Morgan fingerprint density at radius 2 is 2.00 bits per heavy atom. The van der Waals surface area contributed by atoms with Crippen molar-refractivity contribution in [3.05, 3.63) is 52.3 Å². The van der Waals surface area contributed by atoms with Crippen molar-refractivity contribution < 1.29 is 4.39 Å². The van der Waals surface area contributed by atoms with Gasteiger partial charge in [0.15, 0.2) is 0 Å². The van der Waals surface area contributed by atoms with Gasteiger partial charge in [-0.25, -0.2) is 4.39 Å². The van der Waals surface area contributed by atoms with Crippen LogP contribution in [-0.4, -0.2) is 0 Å². The van der Waals surface area contributed by atoms with Gasteiger partial charge < -0.3 is 11.1 Å². The van der Waals surface area contributed by atoms with Crippen molar-refractivity contribution in [2.45, 2.75) is 0 Å². The number of rotatable bonds is 2. The first-order chi connectivity index (χ1) is 8.61. The first-order valence-electron chi connectivity index (χ1n) is 5.12. The van der Waals surface area contributed by atoms with Gasteiger partial charge in [-0.15, -0.1) is 0 Å². The molecule has 0 radical (unpaired) electrons. The predicted octanol–water partition coefficient (Wildman–Crippen LogP) is 3.79.